The first-order valence-corrected chi connectivity index (χ1v) is 18.9. The van der Waals surface area contributed by atoms with Crippen molar-refractivity contribution in [2.45, 2.75) is 146 Å². The molecule has 51 heavy (non-hydrogen) atoms. The lowest BCUT2D eigenvalue weighted by Gasteiger charge is -2.42. The summed E-state index contributed by atoms with van der Waals surface area (Å²) < 4.78 is 37.9. The van der Waals surface area contributed by atoms with Gasteiger partial charge < -0.3 is 25.6 Å². The molecule has 2 fully saturated rings. The molecule has 7 heteroatoms. The zero-order valence-electron chi connectivity index (χ0n) is 32.5. The molecule has 4 N–H and O–H groups in total. The van der Waals surface area contributed by atoms with Crippen molar-refractivity contribution in [2.75, 3.05) is 20.8 Å². The van der Waals surface area contributed by atoms with Crippen LogP contribution in [0.25, 0.3) is 0 Å². The first kappa shape index (κ1) is 41.1. The monoisotopic (exact) mass is 706 g/mol. The van der Waals surface area contributed by atoms with Crippen LogP contribution < -0.4 is 11.1 Å². The molecule has 3 aromatic rings. The van der Waals surface area contributed by atoms with Crippen LogP contribution in [0.15, 0.2) is 66.7 Å². The Balaban J connectivity index is 0.000000261. The SMILES string of the molecule is COC1CCC(N)(c2cccc(C(C)(C)C)c2)CC1.COC1CCC(NCC(O)CCc2cc(F)cc(F)c2)(c2cccc(C(C)(C)C)c2)CC1. The normalized spacial score (nSPS) is 24.8. The van der Waals surface area contributed by atoms with Gasteiger partial charge >= 0.3 is 0 Å². The van der Waals surface area contributed by atoms with Crippen molar-refractivity contribution >= 4 is 0 Å². The van der Waals surface area contributed by atoms with E-state index in [9.17, 15) is 13.9 Å². The standard InChI is InChI=1S/C27H37F2NO2.C17H27NO/c1-26(2,3)20-6-5-7-21(16-20)27(12-10-25(32-4)11-13-27)30-18-24(31)9-8-19-14-22(28)17-23(29)15-19;1-16(2,3)13-6-5-7-14(12-13)17(18)10-8-15(19-4)9-11-17/h5-7,14-17,24-25,30-31H,8-13,18H2,1-4H3;5-7,12,15H,8-11,18H2,1-4H3. The molecule has 0 radical (unpaired) electrons. The zero-order chi connectivity index (χ0) is 37.5. The number of hydrogen-bond donors (Lipinski definition) is 3. The Morgan fingerprint density at radius 2 is 1.22 bits per heavy atom. The molecule has 282 valence electrons. The number of nitrogens with one attached hydrogen (secondary N) is 1. The Hall–Kier alpha value is -2.68. The van der Waals surface area contributed by atoms with Crippen LogP contribution in [-0.2, 0) is 37.8 Å². The number of ether oxygens (including phenoxy) is 2. The van der Waals surface area contributed by atoms with Crippen molar-refractivity contribution in [1.29, 1.82) is 0 Å². The predicted octanol–water partition coefficient (Wildman–Crippen LogP) is 9.36. The van der Waals surface area contributed by atoms with Crippen LogP contribution in [0.3, 0.4) is 0 Å². The number of halogens is 2. The van der Waals surface area contributed by atoms with Crippen molar-refractivity contribution in [1.82, 2.24) is 5.32 Å². The van der Waals surface area contributed by atoms with Gasteiger partial charge in [-0.25, -0.2) is 8.78 Å². The Kier molecular flexibility index (Phi) is 14.0. The average molecular weight is 707 g/mol. The molecule has 0 aromatic heterocycles. The quantitative estimate of drug-likeness (QED) is 0.196. The minimum Gasteiger partial charge on any atom is -0.392 e. The maximum atomic E-state index is 13.4. The summed E-state index contributed by atoms with van der Waals surface area (Å²) in [5.74, 6) is -1.17. The van der Waals surface area contributed by atoms with Crippen molar-refractivity contribution in [3.05, 3.63) is 106 Å². The molecule has 3 aromatic carbocycles. The highest BCUT2D eigenvalue weighted by atomic mass is 19.1. The van der Waals surface area contributed by atoms with Crippen LogP contribution in [-0.4, -0.2) is 44.2 Å². The van der Waals surface area contributed by atoms with Crippen LogP contribution >= 0.6 is 0 Å². The van der Waals surface area contributed by atoms with E-state index in [1.165, 1.54) is 34.4 Å². The minimum absolute atomic E-state index is 0.0562. The van der Waals surface area contributed by atoms with E-state index >= 15 is 0 Å². The number of hydrogen-bond acceptors (Lipinski definition) is 5. The summed E-state index contributed by atoms with van der Waals surface area (Å²) in [6.07, 6.45) is 8.85. The summed E-state index contributed by atoms with van der Waals surface area (Å²) in [6, 6.07) is 21.1. The number of aryl methyl sites for hydroxylation is 1. The number of rotatable bonds is 10. The van der Waals surface area contributed by atoms with Crippen LogP contribution in [0.2, 0.25) is 0 Å². The summed E-state index contributed by atoms with van der Waals surface area (Å²) >= 11 is 0. The third-order valence-electron chi connectivity index (χ3n) is 11.2. The smallest absolute Gasteiger partial charge is 0.126 e. The summed E-state index contributed by atoms with van der Waals surface area (Å²) in [6.45, 7) is 13.8. The fourth-order valence-corrected chi connectivity index (χ4v) is 7.60. The third kappa shape index (κ3) is 11.4. The number of nitrogens with two attached hydrogens (primary N) is 1. The molecule has 1 unspecified atom stereocenters. The zero-order valence-corrected chi connectivity index (χ0v) is 32.5. The lowest BCUT2D eigenvalue weighted by atomic mass is 9.73. The van der Waals surface area contributed by atoms with E-state index in [4.69, 9.17) is 15.2 Å². The average Bonchev–Trinajstić information content (AvgIpc) is 3.10. The van der Waals surface area contributed by atoms with E-state index in [2.05, 4.69) is 95.4 Å². The molecular weight excluding hydrogens is 642 g/mol. The Labute approximate surface area is 306 Å². The van der Waals surface area contributed by atoms with Crippen LogP contribution in [0.4, 0.5) is 8.78 Å². The van der Waals surface area contributed by atoms with Crippen molar-refractivity contribution in [3.8, 4) is 0 Å². The maximum absolute atomic E-state index is 13.4. The maximum Gasteiger partial charge on any atom is 0.126 e. The van der Waals surface area contributed by atoms with E-state index in [1.807, 2.05) is 0 Å². The lowest BCUT2D eigenvalue weighted by Crippen LogP contribution is -2.49. The van der Waals surface area contributed by atoms with Gasteiger partial charge in [-0.2, -0.15) is 0 Å². The van der Waals surface area contributed by atoms with Gasteiger partial charge in [-0.05, 0) is 115 Å². The second-order valence-electron chi connectivity index (χ2n) is 17.1. The van der Waals surface area contributed by atoms with Crippen LogP contribution in [0.1, 0.15) is 127 Å². The van der Waals surface area contributed by atoms with Crippen molar-refractivity contribution in [3.63, 3.8) is 0 Å². The molecule has 0 bridgehead atoms. The first-order chi connectivity index (χ1) is 24.0. The summed E-state index contributed by atoms with van der Waals surface area (Å²) in [4.78, 5) is 0. The van der Waals surface area contributed by atoms with E-state index in [0.717, 1.165) is 57.4 Å². The first-order valence-electron chi connectivity index (χ1n) is 18.9. The van der Waals surface area contributed by atoms with E-state index in [0.29, 0.717) is 31.1 Å². The topological polar surface area (TPSA) is 76.7 Å². The Morgan fingerprint density at radius 1 is 0.745 bits per heavy atom. The fourth-order valence-electron chi connectivity index (χ4n) is 7.60. The Morgan fingerprint density at radius 3 is 1.71 bits per heavy atom. The van der Waals surface area contributed by atoms with Gasteiger partial charge in [-0.15, -0.1) is 0 Å². The Bertz CT molecular complexity index is 1510. The molecule has 1 atom stereocenters. The van der Waals surface area contributed by atoms with Gasteiger partial charge in [0.1, 0.15) is 11.6 Å². The van der Waals surface area contributed by atoms with Gasteiger partial charge in [0.2, 0.25) is 0 Å². The second kappa shape index (κ2) is 17.4. The highest BCUT2D eigenvalue weighted by Crippen LogP contribution is 2.40. The minimum atomic E-state index is -0.607. The van der Waals surface area contributed by atoms with E-state index in [-0.39, 0.29) is 28.0 Å². The lowest BCUT2D eigenvalue weighted by molar-refractivity contribution is 0.0357. The summed E-state index contributed by atoms with van der Waals surface area (Å²) in [7, 11) is 3.57. The second-order valence-corrected chi connectivity index (χ2v) is 17.1. The van der Waals surface area contributed by atoms with Gasteiger partial charge in [0.15, 0.2) is 0 Å². The molecule has 0 amide bonds. The van der Waals surface area contributed by atoms with Crippen molar-refractivity contribution < 1.29 is 23.4 Å². The highest BCUT2D eigenvalue weighted by molar-refractivity contribution is 5.35. The fraction of sp³-hybridized carbons (Fsp3) is 0.591. The van der Waals surface area contributed by atoms with Crippen LogP contribution in [0.5, 0.6) is 0 Å². The number of aliphatic hydroxyl groups excluding tert-OH is 1. The van der Waals surface area contributed by atoms with E-state index < -0.39 is 17.7 Å². The van der Waals surface area contributed by atoms with Crippen LogP contribution in [0, 0.1) is 11.6 Å². The van der Waals surface area contributed by atoms with Gasteiger partial charge in [-0.1, -0.05) is 90.1 Å². The molecule has 5 rings (SSSR count). The van der Waals surface area contributed by atoms with Gasteiger partial charge in [0, 0.05) is 37.9 Å². The molecule has 2 saturated carbocycles. The van der Waals surface area contributed by atoms with Gasteiger partial charge in [-0.3, -0.25) is 0 Å². The molecule has 0 aliphatic heterocycles. The molecule has 0 spiro atoms. The number of methoxy groups -OCH3 is 2. The molecule has 5 nitrogen and oxygen atoms in total. The predicted molar refractivity (Wildman–Crippen MR) is 205 cm³/mol. The van der Waals surface area contributed by atoms with Gasteiger partial charge in [0.25, 0.3) is 0 Å². The van der Waals surface area contributed by atoms with Gasteiger partial charge in [0.05, 0.1) is 18.3 Å². The molecular formula is C44H64F2N2O3. The number of benzene rings is 3. The third-order valence-corrected chi connectivity index (χ3v) is 11.2. The van der Waals surface area contributed by atoms with E-state index in [1.54, 1.807) is 14.2 Å². The molecule has 2 aliphatic rings. The molecule has 0 heterocycles. The van der Waals surface area contributed by atoms with Crippen molar-refractivity contribution in [2.24, 2.45) is 5.73 Å². The highest BCUT2D eigenvalue weighted by Gasteiger charge is 2.38. The molecule has 2 aliphatic carbocycles. The number of aliphatic hydroxyl groups is 1. The summed E-state index contributed by atoms with van der Waals surface area (Å²) in [5.41, 5.74) is 12.3. The molecule has 0 saturated heterocycles. The summed E-state index contributed by atoms with van der Waals surface area (Å²) in [5, 5.41) is 14.3. The largest absolute Gasteiger partial charge is 0.392 e.